The zero-order valence-corrected chi connectivity index (χ0v) is 12.9. The van der Waals surface area contributed by atoms with E-state index in [4.69, 9.17) is 0 Å². The van der Waals surface area contributed by atoms with Gasteiger partial charge in [-0.15, -0.1) is 0 Å². The van der Waals surface area contributed by atoms with Crippen molar-refractivity contribution in [3.63, 3.8) is 0 Å². The van der Waals surface area contributed by atoms with E-state index in [0.717, 1.165) is 12.8 Å². The number of aromatic nitrogens is 2. The molecule has 2 amide bonds. The van der Waals surface area contributed by atoms with Crippen LogP contribution in [0.3, 0.4) is 0 Å². The molecule has 116 valence electrons. The zero-order chi connectivity index (χ0) is 15.8. The number of nitrogens with one attached hydrogen (secondary N) is 1. The van der Waals surface area contributed by atoms with Crippen LogP contribution < -0.4 is 5.32 Å². The number of aryl methyl sites for hydroxylation is 2. The summed E-state index contributed by atoms with van der Waals surface area (Å²) in [7, 11) is 1.77. The Morgan fingerprint density at radius 3 is 2.67 bits per heavy atom. The third-order valence-electron chi connectivity index (χ3n) is 4.02. The predicted molar refractivity (Wildman–Crippen MR) is 78.1 cm³/mol. The summed E-state index contributed by atoms with van der Waals surface area (Å²) in [6.07, 6.45) is 3.30. The normalized spacial score (nSPS) is 21.1. The van der Waals surface area contributed by atoms with Crippen molar-refractivity contribution < 1.29 is 14.7 Å². The van der Waals surface area contributed by atoms with Gasteiger partial charge in [-0.25, -0.2) is 9.59 Å². The molecule has 1 unspecified atom stereocenters. The van der Waals surface area contributed by atoms with Crippen molar-refractivity contribution in [2.45, 2.75) is 39.7 Å². The van der Waals surface area contributed by atoms with Gasteiger partial charge in [-0.05, 0) is 25.2 Å². The number of piperidine rings is 1. The number of hydrogen-bond donors (Lipinski definition) is 2. The van der Waals surface area contributed by atoms with Crippen molar-refractivity contribution in [1.29, 1.82) is 0 Å². The van der Waals surface area contributed by atoms with E-state index in [1.54, 1.807) is 24.9 Å². The van der Waals surface area contributed by atoms with Gasteiger partial charge in [0.25, 0.3) is 0 Å². The lowest BCUT2D eigenvalue weighted by atomic mass is 9.76. The summed E-state index contributed by atoms with van der Waals surface area (Å²) in [5.41, 5.74) is 0.870. The predicted octanol–water partition coefficient (Wildman–Crippen LogP) is 1.84. The van der Waals surface area contributed by atoms with Gasteiger partial charge in [0.2, 0.25) is 0 Å². The summed E-state index contributed by atoms with van der Waals surface area (Å²) in [6.45, 7) is 6.02. The monoisotopic (exact) mass is 294 g/mol. The molecule has 1 aromatic rings. The molecule has 21 heavy (non-hydrogen) atoms. The average molecular weight is 294 g/mol. The SMILES string of the molecule is Cc1nn(C)cc1NC(=O)N1CCCC(C)(C)C1C(=O)O. The number of aliphatic carboxylic acids is 1. The maximum atomic E-state index is 12.4. The van der Waals surface area contributed by atoms with Crippen LogP contribution in [-0.2, 0) is 11.8 Å². The molecule has 0 spiro atoms. The molecule has 0 bridgehead atoms. The standard InChI is InChI=1S/C14H22N4O3/c1-9-10(8-17(4)16-9)15-13(21)18-7-5-6-14(2,3)11(18)12(19)20/h8,11H,5-7H2,1-4H3,(H,15,21)(H,19,20). The minimum Gasteiger partial charge on any atom is -0.480 e. The van der Waals surface area contributed by atoms with Crippen LogP contribution >= 0.6 is 0 Å². The second-order valence-corrected chi connectivity index (χ2v) is 6.26. The number of amides is 2. The van der Waals surface area contributed by atoms with E-state index in [0.29, 0.717) is 17.9 Å². The van der Waals surface area contributed by atoms with Crippen molar-refractivity contribution in [3.8, 4) is 0 Å². The first-order valence-electron chi connectivity index (χ1n) is 7.03. The molecule has 2 rings (SSSR count). The highest BCUT2D eigenvalue weighted by molar-refractivity contribution is 5.93. The summed E-state index contributed by atoms with van der Waals surface area (Å²) in [5.74, 6) is -0.960. The molecule has 0 saturated carbocycles. The molecule has 1 aromatic heterocycles. The van der Waals surface area contributed by atoms with E-state index in [1.807, 2.05) is 13.8 Å². The van der Waals surface area contributed by atoms with Gasteiger partial charge in [0, 0.05) is 19.8 Å². The molecule has 0 aromatic carbocycles. The average Bonchev–Trinajstić information content (AvgIpc) is 2.65. The van der Waals surface area contributed by atoms with Gasteiger partial charge in [-0.1, -0.05) is 13.8 Å². The molecule has 1 saturated heterocycles. The highest BCUT2D eigenvalue weighted by atomic mass is 16.4. The van der Waals surface area contributed by atoms with Crippen LogP contribution in [0, 0.1) is 12.3 Å². The number of carbonyl (C=O) groups excluding carboxylic acids is 1. The van der Waals surface area contributed by atoms with Gasteiger partial charge < -0.3 is 15.3 Å². The number of carbonyl (C=O) groups is 2. The number of urea groups is 1. The summed E-state index contributed by atoms with van der Waals surface area (Å²) < 4.78 is 1.61. The lowest BCUT2D eigenvalue weighted by Crippen LogP contribution is -2.57. The Morgan fingerprint density at radius 2 is 2.14 bits per heavy atom. The molecule has 2 N–H and O–H groups in total. The second kappa shape index (κ2) is 5.38. The van der Waals surface area contributed by atoms with Gasteiger partial charge in [0.15, 0.2) is 0 Å². The Kier molecular flexibility index (Phi) is 3.93. The van der Waals surface area contributed by atoms with Crippen LogP contribution in [0.4, 0.5) is 10.5 Å². The van der Waals surface area contributed by atoms with Crippen LogP contribution in [0.5, 0.6) is 0 Å². The molecule has 1 fully saturated rings. The fourth-order valence-corrected chi connectivity index (χ4v) is 2.99. The molecule has 1 aliphatic rings. The number of hydrogen-bond acceptors (Lipinski definition) is 3. The maximum Gasteiger partial charge on any atom is 0.327 e. The largest absolute Gasteiger partial charge is 0.480 e. The van der Waals surface area contributed by atoms with Crippen molar-refractivity contribution in [2.75, 3.05) is 11.9 Å². The van der Waals surface area contributed by atoms with E-state index in [-0.39, 0.29) is 6.03 Å². The first-order chi connectivity index (χ1) is 9.72. The Bertz CT molecular complexity index is 565. The molecular weight excluding hydrogens is 272 g/mol. The highest BCUT2D eigenvalue weighted by Gasteiger charge is 2.44. The number of nitrogens with zero attached hydrogens (tertiary/aromatic N) is 3. The molecule has 0 aliphatic carbocycles. The third-order valence-corrected chi connectivity index (χ3v) is 4.02. The van der Waals surface area contributed by atoms with E-state index in [2.05, 4.69) is 10.4 Å². The van der Waals surface area contributed by atoms with E-state index < -0.39 is 17.4 Å². The van der Waals surface area contributed by atoms with E-state index in [1.165, 1.54) is 4.90 Å². The van der Waals surface area contributed by atoms with Crippen molar-refractivity contribution in [1.82, 2.24) is 14.7 Å². The quantitative estimate of drug-likeness (QED) is 0.871. The van der Waals surface area contributed by atoms with Crippen LogP contribution in [0.1, 0.15) is 32.4 Å². The summed E-state index contributed by atoms with van der Waals surface area (Å²) in [6, 6.07) is -1.20. The maximum absolute atomic E-state index is 12.4. The molecule has 1 atom stereocenters. The molecule has 2 heterocycles. The third kappa shape index (κ3) is 3.01. The first kappa shape index (κ1) is 15.3. The number of rotatable bonds is 2. The van der Waals surface area contributed by atoms with Crippen LogP contribution in [-0.4, -0.2) is 44.4 Å². The van der Waals surface area contributed by atoms with E-state index >= 15 is 0 Å². The van der Waals surface area contributed by atoms with Crippen molar-refractivity contribution in [2.24, 2.45) is 12.5 Å². The van der Waals surface area contributed by atoms with Crippen LogP contribution in [0.25, 0.3) is 0 Å². The molecular formula is C14H22N4O3. The lowest BCUT2D eigenvalue weighted by molar-refractivity contribution is -0.148. The number of carboxylic acid groups (broad SMARTS) is 1. The first-order valence-corrected chi connectivity index (χ1v) is 7.03. The van der Waals surface area contributed by atoms with Crippen LogP contribution in [0.2, 0.25) is 0 Å². The van der Waals surface area contributed by atoms with Gasteiger partial charge in [-0.2, -0.15) is 5.10 Å². The lowest BCUT2D eigenvalue weighted by Gasteiger charge is -2.43. The van der Waals surface area contributed by atoms with Crippen molar-refractivity contribution in [3.05, 3.63) is 11.9 Å². The van der Waals surface area contributed by atoms with Gasteiger partial charge in [0.05, 0.1) is 11.4 Å². The molecule has 7 heteroatoms. The van der Waals surface area contributed by atoms with Gasteiger partial charge in [-0.3, -0.25) is 4.68 Å². The Morgan fingerprint density at radius 1 is 1.48 bits per heavy atom. The smallest absolute Gasteiger partial charge is 0.327 e. The summed E-state index contributed by atoms with van der Waals surface area (Å²) in [5, 5.41) is 16.4. The zero-order valence-electron chi connectivity index (χ0n) is 12.9. The second-order valence-electron chi connectivity index (χ2n) is 6.26. The summed E-state index contributed by atoms with van der Waals surface area (Å²) in [4.78, 5) is 25.4. The topological polar surface area (TPSA) is 87.5 Å². The van der Waals surface area contributed by atoms with Crippen molar-refractivity contribution >= 4 is 17.7 Å². The highest BCUT2D eigenvalue weighted by Crippen LogP contribution is 2.35. The minimum atomic E-state index is -0.960. The van der Waals surface area contributed by atoms with E-state index in [9.17, 15) is 14.7 Å². The molecule has 0 radical (unpaired) electrons. The number of carboxylic acids is 1. The fraction of sp³-hybridized carbons (Fsp3) is 0.643. The number of anilines is 1. The Balaban J connectivity index is 2.20. The van der Waals surface area contributed by atoms with Gasteiger partial charge in [0.1, 0.15) is 6.04 Å². The minimum absolute atomic E-state index is 0.383. The molecule has 7 nitrogen and oxygen atoms in total. The van der Waals surface area contributed by atoms with Gasteiger partial charge >= 0.3 is 12.0 Å². The summed E-state index contributed by atoms with van der Waals surface area (Å²) >= 11 is 0. The Hall–Kier alpha value is -2.05. The Labute approximate surface area is 123 Å². The fourth-order valence-electron chi connectivity index (χ4n) is 2.99. The molecule has 1 aliphatic heterocycles. The number of likely N-dealkylation sites (tertiary alicyclic amines) is 1. The van der Waals surface area contributed by atoms with Crippen LogP contribution in [0.15, 0.2) is 6.20 Å².